The Hall–Kier alpha value is -3.44. The highest BCUT2D eigenvalue weighted by Gasteiger charge is 2.14. The second kappa shape index (κ2) is 7.67. The lowest BCUT2D eigenvalue weighted by molar-refractivity contribution is 0.102. The standard InChI is InChI=1S/C26H19BrN2O2/c1-15-12-23-24(13-16(15)2)31-26(29-23)17-6-3-7-18(14-17)28-25(30)21-10-4-9-20-19(21)8-5-11-22(20)27/h3-14H,1-2H3,(H,28,30). The Morgan fingerprint density at radius 1 is 0.903 bits per heavy atom. The Morgan fingerprint density at radius 3 is 2.52 bits per heavy atom. The first kappa shape index (κ1) is 19.5. The van der Waals surface area contributed by atoms with E-state index in [1.807, 2.05) is 72.8 Å². The van der Waals surface area contributed by atoms with Crippen LogP contribution in [0, 0.1) is 13.8 Å². The number of nitrogens with one attached hydrogen (secondary N) is 1. The number of rotatable bonds is 3. The van der Waals surface area contributed by atoms with Gasteiger partial charge in [-0.25, -0.2) is 4.98 Å². The van der Waals surface area contributed by atoms with Crippen molar-refractivity contribution in [1.82, 2.24) is 4.98 Å². The normalized spacial score (nSPS) is 11.2. The monoisotopic (exact) mass is 470 g/mol. The first-order chi connectivity index (χ1) is 15.0. The number of carbonyl (C=O) groups excluding carboxylic acids is 1. The van der Waals surface area contributed by atoms with Crippen LogP contribution in [0.2, 0.25) is 0 Å². The van der Waals surface area contributed by atoms with Crippen molar-refractivity contribution in [2.45, 2.75) is 13.8 Å². The summed E-state index contributed by atoms with van der Waals surface area (Å²) in [4.78, 5) is 17.7. The highest BCUT2D eigenvalue weighted by molar-refractivity contribution is 9.10. The number of fused-ring (bicyclic) bond motifs is 2. The van der Waals surface area contributed by atoms with E-state index >= 15 is 0 Å². The molecule has 0 aliphatic carbocycles. The minimum atomic E-state index is -0.162. The summed E-state index contributed by atoms with van der Waals surface area (Å²) in [5.74, 6) is 0.370. The Bertz CT molecular complexity index is 1430. The van der Waals surface area contributed by atoms with Crippen molar-refractivity contribution < 1.29 is 9.21 Å². The summed E-state index contributed by atoms with van der Waals surface area (Å²) in [6, 6.07) is 23.2. The molecule has 0 unspecified atom stereocenters. The second-order valence-electron chi connectivity index (χ2n) is 7.60. The van der Waals surface area contributed by atoms with Gasteiger partial charge in [0.25, 0.3) is 5.91 Å². The van der Waals surface area contributed by atoms with Gasteiger partial charge < -0.3 is 9.73 Å². The van der Waals surface area contributed by atoms with Crippen molar-refractivity contribution in [1.29, 1.82) is 0 Å². The van der Waals surface area contributed by atoms with Gasteiger partial charge in [0.15, 0.2) is 5.58 Å². The van der Waals surface area contributed by atoms with Gasteiger partial charge in [0.05, 0.1) is 0 Å². The molecule has 5 heteroatoms. The summed E-state index contributed by atoms with van der Waals surface area (Å²) in [5.41, 5.74) is 6.04. The molecule has 0 spiro atoms. The third kappa shape index (κ3) is 3.62. The van der Waals surface area contributed by atoms with E-state index in [2.05, 4.69) is 40.1 Å². The molecule has 1 amide bonds. The van der Waals surface area contributed by atoms with E-state index in [1.165, 1.54) is 5.56 Å². The minimum absolute atomic E-state index is 0.162. The lowest BCUT2D eigenvalue weighted by atomic mass is 10.0. The zero-order chi connectivity index (χ0) is 21.5. The van der Waals surface area contributed by atoms with Gasteiger partial charge in [0.2, 0.25) is 5.89 Å². The first-order valence-corrected chi connectivity index (χ1v) is 10.8. The van der Waals surface area contributed by atoms with Crippen molar-refractivity contribution in [2.24, 2.45) is 0 Å². The summed E-state index contributed by atoms with van der Waals surface area (Å²) < 4.78 is 6.94. The van der Waals surface area contributed by atoms with Crippen LogP contribution in [0.3, 0.4) is 0 Å². The van der Waals surface area contributed by atoms with E-state index in [4.69, 9.17) is 4.42 Å². The number of benzene rings is 4. The number of oxazole rings is 1. The molecule has 31 heavy (non-hydrogen) atoms. The molecule has 0 atom stereocenters. The molecule has 0 saturated heterocycles. The third-order valence-electron chi connectivity index (χ3n) is 5.48. The fourth-order valence-corrected chi connectivity index (χ4v) is 4.20. The van der Waals surface area contributed by atoms with Crippen LogP contribution in [0.1, 0.15) is 21.5 Å². The van der Waals surface area contributed by atoms with Gasteiger partial charge in [-0.05, 0) is 78.2 Å². The predicted octanol–water partition coefficient (Wildman–Crippen LogP) is 7.28. The van der Waals surface area contributed by atoms with Crippen molar-refractivity contribution in [3.8, 4) is 11.5 Å². The van der Waals surface area contributed by atoms with Crippen LogP contribution >= 0.6 is 15.9 Å². The number of aryl methyl sites for hydroxylation is 2. The third-order valence-corrected chi connectivity index (χ3v) is 6.18. The van der Waals surface area contributed by atoms with Crippen LogP contribution in [0.15, 0.2) is 81.7 Å². The van der Waals surface area contributed by atoms with Crippen LogP contribution in [0.4, 0.5) is 5.69 Å². The highest BCUT2D eigenvalue weighted by atomic mass is 79.9. The van der Waals surface area contributed by atoms with E-state index < -0.39 is 0 Å². The molecular formula is C26H19BrN2O2. The maximum absolute atomic E-state index is 13.0. The van der Waals surface area contributed by atoms with Crippen LogP contribution < -0.4 is 5.32 Å². The average molecular weight is 471 g/mol. The van der Waals surface area contributed by atoms with Crippen LogP contribution in [0.5, 0.6) is 0 Å². The second-order valence-corrected chi connectivity index (χ2v) is 8.45. The number of anilines is 1. The summed E-state index contributed by atoms with van der Waals surface area (Å²) >= 11 is 3.56. The minimum Gasteiger partial charge on any atom is -0.436 e. The van der Waals surface area contributed by atoms with Crippen LogP contribution in [-0.4, -0.2) is 10.9 Å². The molecule has 152 valence electrons. The van der Waals surface area contributed by atoms with Crippen molar-refractivity contribution in [2.75, 3.05) is 5.32 Å². The summed E-state index contributed by atoms with van der Waals surface area (Å²) in [6.45, 7) is 4.12. The van der Waals surface area contributed by atoms with E-state index in [0.29, 0.717) is 17.1 Å². The maximum atomic E-state index is 13.0. The summed E-state index contributed by atoms with van der Waals surface area (Å²) in [6.07, 6.45) is 0. The smallest absolute Gasteiger partial charge is 0.256 e. The van der Waals surface area contributed by atoms with Crippen molar-refractivity contribution >= 4 is 49.4 Å². The Morgan fingerprint density at radius 2 is 1.65 bits per heavy atom. The Balaban J connectivity index is 1.48. The lowest BCUT2D eigenvalue weighted by Crippen LogP contribution is -2.12. The van der Waals surface area contributed by atoms with E-state index in [-0.39, 0.29) is 5.91 Å². The molecule has 4 aromatic carbocycles. The molecule has 1 aromatic heterocycles. The lowest BCUT2D eigenvalue weighted by Gasteiger charge is -2.09. The topological polar surface area (TPSA) is 55.1 Å². The van der Waals surface area contributed by atoms with E-state index in [9.17, 15) is 4.79 Å². The van der Waals surface area contributed by atoms with Gasteiger partial charge in [-0.15, -0.1) is 0 Å². The van der Waals surface area contributed by atoms with Gasteiger partial charge >= 0.3 is 0 Å². The Labute approximate surface area is 188 Å². The average Bonchev–Trinajstić information content (AvgIpc) is 3.17. The maximum Gasteiger partial charge on any atom is 0.256 e. The number of aromatic nitrogens is 1. The molecule has 0 aliphatic heterocycles. The summed E-state index contributed by atoms with van der Waals surface area (Å²) in [5, 5.41) is 4.91. The molecule has 0 aliphatic rings. The number of halogens is 1. The number of carbonyl (C=O) groups is 1. The van der Waals surface area contributed by atoms with Crippen molar-refractivity contribution in [3.05, 3.63) is 94.0 Å². The van der Waals surface area contributed by atoms with Gasteiger partial charge in [-0.2, -0.15) is 0 Å². The van der Waals surface area contributed by atoms with E-state index in [1.54, 1.807) is 0 Å². The SMILES string of the molecule is Cc1cc2nc(-c3cccc(NC(=O)c4cccc5c(Br)cccc45)c3)oc2cc1C. The number of hydrogen-bond donors (Lipinski definition) is 1. The number of nitrogens with zero attached hydrogens (tertiary/aromatic N) is 1. The molecule has 0 fully saturated rings. The molecule has 5 rings (SSSR count). The molecule has 5 aromatic rings. The zero-order valence-electron chi connectivity index (χ0n) is 17.1. The van der Waals surface area contributed by atoms with Gasteiger partial charge in [0.1, 0.15) is 5.52 Å². The number of amides is 1. The molecule has 1 heterocycles. The largest absolute Gasteiger partial charge is 0.436 e. The molecule has 1 N–H and O–H groups in total. The molecule has 4 nitrogen and oxygen atoms in total. The molecule has 0 saturated carbocycles. The number of hydrogen-bond acceptors (Lipinski definition) is 3. The van der Waals surface area contributed by atoms with Crippen molar-refractivity contribution in [3.63, 3.8) is 0 Å². The van der Waals surface area contributed by atoms with Crippen LogP contribution in [0.25, 0.3) is 33.3 Å². The fourth-order valence-electron chi connectivity index (χ4n) is 3.70. The predicted molar refractivity (Wildman–Crippen MR) is 129 cm³/mol. The summed E-state index contributed by atoms with van der Waals surface area (Å²) in [7, 11) is 0. The molecule has 0 radical (unpaired) electrons. The fraction of sp³-hybridized carbons (Fsp3) is 0.0769. The Kier molecular flexibility index (Phi) is 4.83. The quantitative estimate of drug-likeness (QED) is 0.301. The molecular weight excluding hydrogens is 452 g/mol. The molecule has 0 bridgehead atoms. The highest BCUT2D eigenvalue weighted by Crippen LogP contribution is 2.29. The van der Waals surface area contributed by atoms with Gasteiger partial charge in [-0.1, -0.05) is 46.3 Å². The zero-order valence-corrected chi connectivity index (χ0v) is 18.7. The first-order valence-electron chi connectivity index (χ1n) is 9.96. The van der Waals surface area contributed by atoms with Crippen LogP contribution in [-0.2, 0) is 0 Å². The van der Waals surface area contributed by atoms with Gasteiger partial charge in [0, 0.05) is 21.3 Å². The van der Waals surface area contributed by atoms with E-state index in [0.717, 1.165) is 37.5 Å². The van der Waals surface area contributed by atoms with Gasteiger partial charge in [-0.3, -0.25) is 4.79 Å².